The van der Waals surface area contributed by atoms with E-state index in [9.17, 15) is 9.59 Å². The van der Waals surface area contributed by atoms with Gasteiger partial charge < -0.3 is 10.2 Å². The number of hydrogen-bond acceptors (Lipinski definition) is 7. The summed E-state index contributed by atoms with van der Waals surface area (Å²) in [6.45, 7) is 7.28. The largest absolute Gasteiger partial charge is 0.341 e. The summed E-state index contributed by atoms with van der Waals surface area (Å²) >= 11 is 1.34. The van der Waals surface area contributed by atoms with Crippen LogP contribution < -0.4 is 5.32 Å². The zero-order chi connectivity index (χ0) is 26.0. The molecule has 1 aliphatic rings. The van der Waals surface area contributed by atoms with E-state index in [2.05, 4.69) is 57.2 Å². The standard InChI is InChI=1S/C28H34N6O2S/c1-3-21-9-7-10-22(4-2)27(21)32-25(35)19-33-15-8-16-34(18-17-33)26(36)20-37-28-30-14-12-24(31-28)23-11-5-6-13-29-23/h5-7,9-14H,3-4,8,15-20H2,1-2H3,(H,32,35). The lowest BCUT2D eigenvalue weighted by molar-refractivity contribution is -0.128. The highest BCUT2D eigenvalue weighted by Gasteiger charge is 2.21. The van der Waals surface area contributed by atoms with E-state index in [4.69, 9.17) is 0 Å². The monoisotopic (exact) mass is 518 g/mol. The highest BCUT2D eigenvalue weighted by molar-refractivity contribution is 7.99. The second-order valence-electron chi connectivity index (χ2n) is 8.95. The molecular weight excluding hydrogens is 484 g/mol. The molecule has 0 bridgehead atoms. The Hall–Kier alpha value is -3.30. The number of rotatable bonds is 9. The van der Waals surface area contributed by atoms with E-state index in [0.29, 0.717) is 31.3 Å². The van der Waals surface area contributed by atoms with Gasteiger partial charge in [-0.25, -0.2) is 9.97 Å². The van der Waals surface area contributed by atoms with Crippen LogP contribution in [0.2, 0.25) is 0 Å². The second kappa shape index (κ2) is 13.3. The van der Waals surface area contributed by atoms with Gasteiger partial charge in [0.15, 0.2) is 5.16 Å². The highest BCUT2D eigenvalue weighted by atomic mass is 32.2. The highest BCUT2D eigenvalue weighted by Crippen LogP contribution is 2.23. The van der Waals surface area contributed by atoms with Crippen molar-refractivity contribution in [2.45, 2.75) is 38.3 Å². The van der Waals surface area contributed by atoms with Crippen LogP contribution in [0.4, 0.5) is 5.69 Å². The molecule has 37 heavy (non-hydrogen) atoms. The van der Waals surface area contributed by atoms with Gasteiger partial charge in [0.05, 0.1) is 23.7 Å². The van der Waals surface area contributed by atoms with Crippen LogP contribution in [0.25, 0.3) is 11.4 Å². The normalized spacial score (nSPS) is 14.3. The maximum Gasteiger partial charge on any atom is 0.238 e. The van der Waals surface area contributed by atoms with Crippen molar-refractivity contribution in [2.24, 2.45) is 0 Å². The zero-order valence-corrected chi connectivity index (χ0v) is 22.3. The lowest BCUT2D eigenvalue weighted by Crippen LogP contribution is -2.38. The molecule has 0 radical (unpaired) electrons. The Morgan fingerprint density at radius 1 is 0.892 bits per heavy atom. The molecule has 8 nitrogen and oxygen atoms in total. The van der Waals surface area contributed by atoms with Gasteiger partial charge in [-0.05, 0) is 48.6 Å². The van der Waals surface area contributed by atoms with E-state index in [1.54, 1.807) is 12.4 Å². The van der Waals surface area contributed by atoms with Gasteiger partial charge in [-0.2, -0.15) is 0 Å². The van der Waals surface area contributed by atoms with Crippen molar-refractivity contribution < 1.29 is 9.59 Å². The topological polar surface area (TPSA) is 91.3 Å². The minimum absolute atomic E-state index is 0.00383. The van der Waals surface area contributed by atoms with Crippen LogP contribution in [0.1, 0.15) is 31.4 Å². The molecule has 194 valence electrons. The number of carbonyl (C=O) groups is 2. The minimum Gasteiger partial charge on any atom is -0.341 e. The van der Waals surface area contributed by atoms with Crippen molar-refractivity contribution in [1.82, 2.24) is 24.8 Å². The number of para-hydroxylation sites is 1. The van der Waals surface area contributed by atoms with Crippen LogP contribution in [-0.2, 0) is 22.4 Å². The number of amides is 2. The van der Waals surface area contributed by atoms with Crippen molar-refractivity contribution in [1.29, 1.82) is 0 Å². The average molecular weight is 519 g/mol. The van der Waals surface area contributed by atoms with Gasteiger partial charge in [0.25, 0.3) is 0 Å². The fourth-order valence-corrected chi connectivity index (χ4v) is 5.18. The molecule has 0 atom stereocenters. The molecule has 1 fully saturated rings. The first kappa shape index (κ1) is 26.8. The van der Waals surface area contributed by atoms with Crippen LogP contribution >= 0.6 is 11.8 Å². The molecule has 1 aliphatic heterocycles. The van der Waals surface area contributed by atoms with Crippen molar-refractivity contribution >= 4 is 29.3 Å². The molecule has 1 aromatic carbocycles. The molecular formula is C28H34N6O2S. The summed E-state index contributed by atoms with van der Waals surface area (Å²) in [4.78, 5) is 43.0. The molecule has 1 N–H and O–H groups in total. The SMILES string of the molecule is CCc1cccc(CC)c1NC(=O)CN1CCCN(C(=O)CSc2nccc(-c3ccccn3)n2)CC1. The van der Waals surface area contributed by atoms with E-state index >= 15 is 0 Å². The Labute approximate surface area is 222 Å². The predicted octanol–water partition coefficient (Wildman–Crippen LogP) is 3.93. The number of thioether (sulfide) groups is 1. The lowest BCUT2D eigenvalue weighted by atomic mass is 10.0. The third-order valence-electron chi connectivity index (χ3n) is 6.46. The predicted molar refractivity (Wildman–Crippen MR) is 147 cm³/mol. The van der Waals surface area contributed by atoms with Crippen LogP contribution in [0.5, 0.6) is 0 Å². The summed E-state index contributed by atoms with van der Waals surface area (Å²) in [5.41, 5.74) is 4.79. The van der Waals surface area contributed by atoms with Crippen LogP contribution in [-0.4, -0.2) is 75.0 Å². The molecule has 3 aromatic rings. The van der Waals surface area contributed by atoms with Crippen molar-refractivity contribution in [3.63, 3.8) is 0 Å². The van der Waals surface area contributed by atoms with Crippen molar-refractivity contribution in [3.05, 3.63) is 66.0 Å². The average Bonchev–Trinajstić information content (AvgIpc) is 3.18. The van der Waals surface area contributed by atoms with Gasteiger partial charge in [0.1, 0.15) is 0 Å². The van der Waals surface area contributed by atoms with E-state index in [1.165, 1.54) is 11.8 Å². The number of aryl methyl sites for hydroxylation is 2. The third-order valence-corrected chi connectivity index (χ3v) is 7.30. The molecule has 0 aliphatic carbocycles. The van der Waals surface area contributed by atoms with Gasteiger partial charge in [0, 0.05) is 44.3 Å². The lowest BCUT2D eigenvalue weighted by Gasteiger charge is -2.22. The summed E-state index contributed by atoms with van der Waals surface area (Å²) in [6, 6.07) is 13.7. The first-order valence-electron chi connectivity index (χ1n) is 12.8. The minimum atomic E-state index is -0.00383. The third kappa shape index (κ3) is 7.36. The Morgan fingerprint density at radius 3 is 2.43 bits per heavy atom. The maximum absolute atomic E-state index is 12.9. The number of anilines is 1. The van der Waals surface area contributed by atoms with E-state index in [0.717, 1.165) is 54.0 Å². The van der Waals surface area contributed by atoms with Crippen molar-refractivity contribution in [3.8, 4) is 11.4 Å². The van der Waals surface area contributed by atoms with Crippen molar-refractivity contribution in [2.75, 3.05) is 43.8 Å². The van der Waals surface area contributed by atoms with Gasteiger partial charge in [-0.1, -0.05) is 49.9 Å². The van der Waals surface area contributed by atoms with E-state index in [1.807, 2.05) is 29.2 Å². The summed E-state index contributed by atoms with van der Waals surface area (Å²) in [5, 5.41) is 3.71. The maximum atomic E-state index is 12.9. The van der Waals surface area contributed by atoms with E-state index in [-0.39, 0.29) is 17.6 Å². The fraction of sp³-hybridized carbons (Fsp3) is 0.393. The number of aromatic nitrogens is 3. The Bertz CT molecular complexity index is 1180. The molecule has 2 aromatic heterocycles. The van der Waals surface area contributed by atoms with Gasteiger partial charge in [-0.15, -0.1) is 0 Å². The number of nitrogens with one attached hydrogen (secondary N) is 1. The van der Waals surface area contributed by atoms with Gasteiger partial charge >= 0.3 is 0 Å². The first-order chi connectivity index (χ1) is 18.1. The molecule has 0 saturated carbocycles. The van der Waals surface area contributed by atoms with Crippen LogP contribution in [0, 0.1) is 0 Å². The molecule has 1 saturated heterocycles. The molecule has 4 rings (SSSR count). The molecule has 0 unspecified atom stereocenters. The quantitative estimate of drug-likeness (QED) is 0.339. The first-order valence-corrected chi connectivity index (χ1v) is 13.8. The Morgan fingerprint density at radius 2 is 1.70 bits per heavy atom. The summed E-state index contributed by atoms with van der Waals surface area (Å²) in [6.07, 6.45) is 6.01. The van der Waals surface area contributed by atoms with E-state index < -0.39 is 0 Å². The van der Waals surface area contributed by atoms with Crippen LogP contribution in [0.3, 0.4) is 0 Å². The number of benzene rings is 1. The number of pyridine rings is 1. The zero-order valence-electron chi connectivity index (χ0n) is 21.5. The summed E-state index contributed by atoms with van der Waals surface area (Å²) < 4.78 is 0. The number of hydrogen-bond donors (Lipinski definition) is 1. The van der Waals surface area contributed by atoms with Gasteiger partial charge in [0.2, 0.25) is 11.8 Å². The molecule has 9 heteroatoms. The number of nitrogens with zero attached hydrogens (tertiary/aromatic N) is 5. The number of carbonyl (C=O) groups excluding carboxylic acids is 2. The molecule has 0 spiro atoms. The summed E-state index contributed by atoms with van der Waals surface area (Å²) in [5.74, 6) is 0.336. The smallest absolute Gasteiger partial charge is 0.238 e. The fourth-order valence-electron chi connectivity index (χ4n) is 4.45. The summed E-state index contributed by atoms with van der Waals surface area (Å²) in [7, 11) is 0. The molecule has 2 amide bonds. The second-order valence-corrected chi connectivity index (χ2v) is 9.89. The Kier molecular flexibility index (Phi) is 9.62. The Balaban J connectivity index is 1.27. The van der Waals surface area contributed by atoms with Crippen LogP contribution in [0.15, 0.2) is 60.0 Å². The molecule has 3 heterocycles. The van der Waals surface area contributed by atoms with Gasteiger partial charge in [-0.3, -0.25) is 19.5 Å².